The van der Waals surface area contributed by atoms with Gasteiger partial charge in [-0.25, -0.2) is 0 Å². The lowest BCUT2D eigenvalue weighted by atomic mass is 9.93. The van der Waals surface area contributed by atoms with Crippen LogP contribution in [0.1, 0.15) is 37.2 Å². The summed E-state index contributed by atoms with van der Waals surface area (Å²) in [6.07, 6.45) is 4.63. The molecule has 17 heavy (non-hydrogen) atoms. The summed E-state index contributed by atoms with van der Waals surface area (Å²) in [6, 6.07) is 8.15. The topological polar surface area (TPSA) is 29.1 Å². The minimum atomic E-state index is 0.0351. The van der Waals surface area contributed by atoms with Gasteiger partial charge in [0, 0.05) is 11.1 Å². The van der Waals surface area contributed by atoms with E-state index in [0.717, 1.165) is 23.4 Å². The Kier molecular flexibility index (Phi) is 2.83. The number of amides is 1. The van der Waals surface area contributed by atoms with Crippen LogP contribution in [0.4, 0.5) is 0 Å². The van der Waals surface area contributed by atoms with Crippen LogP contribution in [0.3, 0.4) is 0 Å². The fraction of sp³-hybridized carbons (Fsp3) is 0.500. The lowest BCUT2D eigenvalue weighted by Crippen LogP contribution is -2.32. The van der Waals surface area contributed by atoms with E-state index in [1.54, 1.807) is 0 Å². The summed E-state index contributed by atoms with van der Waals surface area (Å²) in [4.78, 5) is 12.2. The molecule has 0 bridgehead atoms. The van der Waals surface area contributed by atoms with Gasteiger partial charge in [-0.15, -0.1) is 0 Å². The molecule has 1 aromatic carbocycles. The molecule has 2 nitrogen and oxygen atoms in total. The van der Waals surface area contributed by atoms with Gasteiger partial charge in [0.2, 0.25) is 5.91 Å². The van der Waals surface area contributed by atoms with Crippen molar-refractivity contribution in [2.75, 3.05) is 0 Å². The smallest absolute Gasteiger partial charge is 0.228 e. The van der Waals surface area contributed by atoms with Crippen LogP contribution in [0.25, 0.3) is 0 Å². The van der Waals surface area contributed by atoms with Crippen molar-refractivity contribution in [1.29, 1.82) is 0 Å². The minimum absolute atomic E-state index is 0.0351. The minimum Gasteiger partial charge on any atom is -0.353 e. The highest BCUT2D eigenvalue weighted by Crippen LogP contribution is 2.43. The van der Waals surface area contributed by atoms with E-state index < -0.39 is 0 Å². The lowest BCUT2D eigenvalue weighted by molar-refractivity contribution is -0.123. The van der Waals surface area contributed by atoms with Crippen molar-refractivity contribution >= 4 is 17.5 Å². The summed E-state index contributed by atoms with van der Waals surface area (Å²) in [5.41, 5.74) is 1.11. The molecule has 0 heterocycles. The average molecular weight is 250 g/mol. The van der Waals surface area contributed by atoms with Crippen molar-refractivity contribution in [1.82, 2.24) is 5.32 Å². The largest absolute Gasteiger partial charge is 0.353 e. The van der Waals surface area contributed by atoms with E-state index in [1.807, 2.05) is 24.3 Å². The second-order valence-electron chi connectivity index (χ2n) is 5.15. The van der Waals surface area contributed by atoms with E-state index in [9.17, 15) is 4.79 Å². The van der Waals surface area contributed by atoms with E-state index in [1.165, 1.54) is 12.8 Å². The van der Waals surface area contributed by atoms with E-state index >= 15 is 0 Å². The molecule has 0 aromatic heterocycles. The Morgan fingerprint density at radius 1 is 1.18 bits per heavy atom. The first-order chi connectivity index (χ1) is 8.24. The highest BCUT2D eigenvalue weighted by atomic mass is 35.5. The Balaban J connectivity index is 1.78. The van der Waals surface area contributed by atoms with Gasteiger partial charge in [-0.3, -0.25) is 4.79 Å². The number of nitrogens with one attached hydrogen (secondary N) is 1. The summed E-state index contributed by atoms with van der Waals surface area (Å²) >= 11 is 5.88. The molecule has 0 aliphatic heterocycles. The Labute approximate surface area is 106 Å². The summed E-state index contributed by atoms with van der Waals surface area (Å²) < 4.78 is 0. The second-order valence-corrected chi connectivity index (χ2v) is 5.59. The van der Waals surface area contributed by atoms with Crippen LogP contribution >= 0.6 is 11.6 Å². The highest BCUT2D eigenvalue weighted by molar-refractivity contribution is 6.30. The van der Waals surface area contributed by atoms with E-state index in [4.69, 9.17) is 11.6 Å². The van der Waals surface area contributed by atoms with Crippen molar-refractivity contribution in [2.45, 2.75) is 37.6 Å². The molecule has 1 atom stereocenters. The quantitative estimate of drug-likeness (QED) is 0.873. The molecular formula is C14H16ClNO. The first kappa shape index (κ1) is 11.1. The van der Waals surface area contributed by atoms with Gasteiger partial charge >= 0.3 is 0 Å². The normalized spacial score (nSPS) is 21.0. The first-order valence-electron chi connectivity index (χ1n) is 6.30. The Bertz CT molecular complexity index is 420. The molecule has 2 saturated carbocycles. The van der Waals surface area contributed by atoms with Gasteiger partial charge in [-0.1, -0.05) is 23.7 Å². The standard InChI is InChI=1S/C14H16ClNO/c15-11-5-3-10(4-6-11)13(9-1-2-9)14(17)16-12-7-8-12/h3-6,9,12-13H,1-2,7-8H2,(H,16,17). The Morgan fingerprint density at radius 3 is 2.35 bits per heavy atom. The maximum absolute atomic E-state index is 12.2. The Morgan fingerprint density at radius 2 is 1.82 bits per heavy atom. The number of halogens is 1. The number of hydrogen-bond donors (Lipinski definition) is 1. The molecule has 3 heteroatoms. The third kappa shape index (κ3) is 2.63. The number of benzene rings is 1. The fourth-order valence-electron chi connectivity index (χ4n) is 2.26. The summed E-state index contributed by atoms with van der Waals surface area (Å²) in [5, 5.41) is 3.84. The van der Waals surface area contributed by atoms with Crippen molar-refractivity contribution in [3.63, 3.8) is 0 Å². The summed E-state index contributed by atoms with van der Waals surface area (Å²) in [6.45, 7) is 0. The van der Waals surface area contributed by atoms with Crippen molar-refractivity contribution < 1.29 is 4.79 Å². The molecule has 1 N–H and O–H groups in total. The number of rotatable bonds is 4. The zero-order valence-electron chi connectivity index (χ0n) is 9.66. The number of carbonyl (C=O) groups excluding carboxylic acids is 1. The van der Waals surface area contributed by atoms with Crippen LogP contribution in [0.2, 0.25) is 5.02 Å². The Hall–Kier alpha value is -1.02. The maximum Gasteiger partial charge on any atom is 0.228 e. The predicted octanol–water partition coefficient (Wildman–Crippen LogP) is 3.11. The SMILES string of the molecule is O=C(NC1CC1)C(c1ccc(Cl)cc1)C1CC1. The van der Waals surface area contributed by atoms with Crippen LogP contribution in [-0.2, 0) is 4.79 Å². The van der Waals surface area contributed by atoms with Gasteiger partial charge in [-0.05, 0) is 49.3 Å². The highest BCUT2D eigenvalue weighted by Gasteiger charge is 2.38. The zero-order chi connectivity index (χ0) is 11.8. The molecule has 1 unspecified atom stereocenters. The molecule has 2 aliphatic carbocycles. The van der Waals surface area contributed by atoms with Crippen LogP contribution in [-0.4, -0.2) is 11.9 Å². The summed E-state index contributed by atoms with van der Waals surface area (Å²) in [5.74, 6) is 0.778. The number of hydrogen-bond acceptors (Lipinski definition) is 1. The van der Waals surface area contributed by atoms with Crippen LogP contribution in [0.15, 0.2) is 24.3 Å². The maximum atomic E-state index is 12.2. The van der Waals surface area contributed by atoms with Gasteiger partial charge < -0.3 is 5.32 Å². The molecule has 1 amide bonds. The van der Waals surface area contributed by atoms with Gasteiger partial charge in [0.05, 0.1) is 5.92 Å². The molecule has 0 saturated heterocycles. The summed E-state index contributed by atoms with van der Waals surface area (Å²) in [7, 11) is 0. The second kappa shape index (κ2) is 4.34. The van der Waals surface area contributed by atoms with Crippen LogP contribution in [0.5, 0.6) is 0 Å². The van der Waals surface area contributed by atoms with Gasteiger partial charge in [-0.2, -0.15) is 0 Å². The molecule has 90 valence electrons. The third-order valence-electron chi connectivity index (χ3n) is 3.53. The molecule has 0 radical (unpaired) electrons. The molecular weight excluding hydrogens is 234 g/mol. The van der Waals surface area contributed by atoms with E-state index in [0.29, 0.717) is 12.0 Å². The van der Waals surface area contributed by atoms with Crippen molar-refractivity contribution in [3.8, 4) is 0 Å². The van der Waals surface area contributed by atoms with Crippen LogP contribution in [0, 0.1) is 5.92 Å². The van der Waals surface area contributed by atoms with Crippen molar-refractivity contribution in [2.24, 2.45) is 5.92 Å². The molecule has 0 spiro atoms. The van der Waals surface area contributed by atoms with Crippen molar-refractivity contribution in [3.05, 3.63) is 34.9 Å². The molecule has 2 fully saturated rings. The monoisotopic (exact) mass is 249 g/mol. The molecule has 3 rings (SSSR count). The van der Waals surface area contributed by atoms with Crippen LogP contribution < -0.4 is 5.32 Å². The lowest BCUT2D eigenvalue weighted by Gasteiger charge is -2.16. The fourth-order valence-corrected chi connectivity index (χ4v) is 2.38. The van der Waals surface area contributed by atoms with Gasteiger partial charge in [0.25, 0.3) is 0 Å². The zero-order valence-corrected chi connectivity index (χ0v) is 10.4. The third-order valence-corrected chi connectivity index (χ3v) is 3.78. The molecule has 1 aromatic rings. The first-order valence-corrected chi connectivity index (χ1v) is 6.67. The van der Waals surface area contributed by atoms with Gasteiger partial charge in [0.15, 0.2) is 0 Å². The average Bonchev–Trinajstić information content (AvgIpc) is 3.15. The van der Waals surface area contributed by atoms with E-state index in [-0.39, 0.29) is 11.8 Å². The predicted molar refractivity (Wildman–Crippen MR) is 68.1 cm³/mol. The molecule has 2 aliphatic rings. The number of carbonyl (C=O) groups is 1. The van der Waals surface area contributed by atoms with E-state index in [2.05, 4.69) is 5.32 Å². The van der Waals surface area contributed by atoms with Gasteiger partial charge in [0.1, 0.15) is 0 Å².